The van der Waals surface area contributed by atoms with Gasteiger partial charge in [-0.25, -0.2) is 0 Å². The highest BCUT2D eigenvalue weighted by Gasteiger charge is 2.03. The Labute approximate surface area is 102 Å². The molecule has 0 aliphatic heterocycles. The minimum absolute atomic E-state index is 0.695. The van der Waals surface area contributed by atoms with Crippen molar-refractivity contribution in [2.24, 2.45) is 0 Å². The van der Waals surface area contributed by atoms with Gasteiger partial charge in [0.05, 0.1) is 7.11 Å². The Hall–Kier alpha value is 0.140. The zero-order valence-corrected chi connectivity index (χ0v) is 11.1. The number of rotatable bonds is 5. The molecule has 0 unspecified atom stereocenters. The van der Waals surface area contributed by atoms with Gasteiger partial charge in [-0.05, 0) is 18.2 Å². The summed E-state index contributed by atoms with van der Waals surface area (Å²) in [5, 5.41) is 0. The molecule has 1 aromatic carbocycles. The minimum atomic E-state index is 0.695. The van der Waals surface area contributed by atoms with Crippen molar-refractivity contribution in [2.75, 3.05) is 18.7 Å². The molecule has 4 heteroatoms. The number of methoxy groups -OCH3 is 1. The number of thioether (sulfide) groups is 1. The Balaban J connectivity index is 2.67. The van der Waals surface area contributed by atoms with Gasteiger partial charge < -0.3 is 4.74 Å². The van der Waals surface area contributed by atoms with Gasteiger partial charge in [-0.1, -0.05) is 15.9 Å². The molecule has 0 saturated heterocycles. The van der Waals surface area contributed by atoms with E-state index in [4.69, 9.17) is 16.3 Å². The molecule has 0 saturated carbocycles. The van der Waals surface area contributed by atoms with Gasteiger partial charge >= 0.3 is 0 Å². The molecule has 0 heterocycles. The van der Waals surface area contributed by atoms with Gasteiger partial charge in [0.2, 0.25) is 0 Å². The average molecular weight is 296 g/mol. The lowest BCUT2D eigenvalue weighted by molar-refractivity contribution is 0.411. The maximum atomic E-state index is 5.61. The van der Waals surface area contributed by atoms with Crippen molar-refractivity contribution in [1.29, 1.82) is 0 Å². The molecule has 1 aromatic rings. The molecule has 0 atom stereocenters. The lowest BCUT2D eigenvalue weighted by atomic mass is 10.2. The average Bonchev–Trinajstić information content (AvgIpc) is 2.19. The van der Waals surface area contributed by atoms with Gasteiger partial charge in [0.15, 0.2) is 0 Å². The number of ether oxygens (including phenoxy) is 1. The molecule has 0 bridgehead atoms. The van der Waals surface area contributed by atoms with E-state index in [0.717, 1.165) is 21.7 Å². The summed E-state index contributed by atoms with van der Waals surface area (Å²) in [6.07, 6.45) is 0. The number of benzene rings is 1. The third-order valence-corrected chi connectivity index (χ3v) is 3.64. The standard InChI is InChI=1S/C10H12BrClOS/c1-13-10-3-2-9(11)6-8(10)7-14-5-4-12/h2-3,6H,4-5,7H2,1H3. The molecule has 0 fully saturated rings. The van der Waals surface area contributed by atoms with E-state index in [1.165, 1.54) is 5.56 Å². The predicted molar refractivity (Wildman–Crippen MR) is 67.6 cm³/mol. The van der Waals surface area contributed by atoms with Gasteiger partial charge in [0.1, 0.15) is 5.75 Å². The molecule has 78 valence electrons. The molecular formula is C10H12BrClOS. The van der Waals surface area contributed by atoms with Crippen molar-refractivity contribution < 1.29 is 4.74 Å². The normalized spacial score (nSPS) is 10.2. The Bertz CT molecular complexity index is 293. The Morgan fingerprint density at radius 3 is 2.93 bits per heavy atom. The predicted octanol–water partition coefficient (Wildman–Crippen LogP) is 3.93. The van der Waals surface area contributed by atoms with E-state index in [2.05, 4.69) is 22.0 Å². The first-order valence-corrected chi connectivity index (χ1v) is 6.72. The highest BCUT2D eigenvalue weighted by atomic mass is 79.9. The molecular weight excluding hydrogens is 284 g/mol. The summed E-state index contributed by atoms with van der Waals surface area (Å²) < 4.78 is 6.35. The Kier molecular flexibility index (Phi) is 5.75. The molecule has 0 aromatic heterocycles. The van der Waals surface area contributed by atoms with Gasteiger partial charge in [-0.2, -0.15) is 11.8 Å². The molecule has 0 radical (unpaired) electrons. The largest absolute Gasteiger partial charge is 0.496 e. The summed E-state index contributed by atoms with van der Waals surface area (Å²) in [4.78, 5) is 0. The highest BCUT2D eigenvalue weighted by Crippen LogP contribution is 2.26. The van der Waals surface area contributed by atoms with Crippen molar-refractivity contribution in [3.63, 3.8) is 0 Å². The van der Waals surface area contributed by atoms with Crippen LogP contribution in [0.5, 0.6) is 5.75 Å². The van der Waals surface area contributed by atoms with Crippen LogP contribution >= 0.6 is 39.3 Å². The number of halogens is 2. The van der Waals surface area contributed by atoms with E-state index in [9.17, 15) is 0 Å². The number of hydrogen-bond donors (Lipinski definition) is 0. The smallest absolute Gasteiger partial charge is 0.122 e. The fourth-order valence-corrected chi connectivity index (χ4v) is 2.53. The molecule has 0 amide bonds. The van der Waals surface area contributed by atoms with Crippen molar-refractivity contribution in [2.45, 2.75) is 5.75 Å². The fraction of sp³-hybridized carbons (Fsp3) is 0.400. The Morgan fingerprint density at radius 2 is 2.29 bits per heavy atom. The summed E-state index contributed by atoms with van der Waals surface area (Å²) in [5.74, 6) is 3.54. The first-order valence-electron chi connectivity index (χ1n) is 4.24. The van der Waals surface area contributed by atoms with E-state index < -0.39 is 0 Å². The molecule has 0 spiro atoms. The Morgan fingerprint density at radius 1 is 1.50 bits per heavy atom. The molecule has 0 aliphatic carbocycles. The zero-order valence-electron chi connectivity index (χ0n) is 7.93. The van der Waals surface area contributed by atoms with Crippen LogP contribution in [0.1, 0.15) is 5.56 Å². The van der Waals surface area contributed by atoms with E-state index in [1.807, 2.05) is 23.9 Å². The molecule has 0 N–H and O–H groups in total. The van der Waals surface area contributed by atoms with Crippen LogP contribution in [0, 0.1) is 0 Å². The quantitative estimate of drug-likeness (QED) is 0.601. The second-order valence-corrected chi connectivity index (χ2v) is 5.10. The van der Waals surface area contributed by atoms with Crippen molar-refractivity contribution in [3.05, 3.63) is 28.2 Å². The first kappa shape index (κ1) is 12.2. The van der Waals surface area contributed by atoms with Crippen molar-refractivity contribution >= 4 is 39.3 Å². The van der Waals surface area contributed by atoms with Crippen molar-refractivity contribution in [3.8, 4) is 5.75 Å². The summed E-state index contributed by atoms with van der Waals surface area (Å²) >= 11 is 10.9. The van der Waals surface area contributed by atoms with Crippen LogP contribution < -0.4 is 4.74 Å². The summed E-state index contributed by atoms with van der Waals surface area (Å²) in [5.41, 5.74) is 1.21. The van der Waals surface area contributed by atoms with E-state index in [-0.39, 0.29) is 0 Å². The summed E-state index contributed by atoms with van der Waals surface area (Å²) in [6, 6.07) is 6.04. The topological polar surface area (TPSA) is 9.23 Å². The molecule has 1 nitrogen and oxygen atoms in total. The maximum Gasteiger partial charge on any atom is 0.122 e. The lowest BCUT2D eigenvalue weighted by Gasteiger charge is -2.08. The monoisotopic (exact) mass is 294 g/mol. The van der Waals surface area contributed by atoms with Crippen LogP contribution in [0.3, 0.4) is 0 Å². The summed E-state index contributed by atoms with van der Waals surface area (Å²) in [7, 11) is 1.69. The second kappa shape index (κ2) is 6.59. The second-order valence-electron chi connectivity index (χ2n) is 2.70. The number of alkyl halides is 1. The highest BCUT2D eigenvalue weighted by molar-refractivity contribution is 9.10. The van der Waals surface area contributed by atoms with Crippen LogP contribution in [0.4, 0.5) is 0 Å². The van der Waals surface area contributed by atoms with Crippen molar-refractivity contribution in [1.82, 2.24) is 0 Å². The summed E-state index contributed by atoms with van der Waals surface area (Å²) in [6.45, 7) is 0. The SMILES string of the molecule is COc1ccc(Br)cc1CSCCCl. The van der Waals surface area contributed by atoms with Crippen LogP contribution in [0.2, 0.25) is 0 Å². The van der Waals surface area contributed by atoms with Crippen LogP contribution in [0.15, 0.2) is 22.7 Å². The van der Waals surface area contributed by atoms with Gasteiger partial charge in [0.25, 0.3) is 0 Å². The van der Waals surface area contributed by atoms with Crippen LogP contribution in [-0.4, -0.2) is 18.7 Å². The molecule has 14 heavy (non-hydrogen) atoms. The van der Waals surface area contributed by atoms with E-state index in [0.29, 0.717) is 5.88 Å². The van der Waals surface area contributed by atoms with Crippen LogP contribution in [-0.2, 0) is 5.75 Å². The van der Waals surface area contributed by atoms with Gasteiger partial charge in [0, 0.05) is 27.4 Å². The molecule has 0 aliphatic rings. The third-order valence-electron chi connectivity index (χ3n) is 1.72. The zero-order chi connectivity index (χ0) is 10.4. The first-order chi connectivity index (χ1) is 6.77. The maximum absolute atomic E-state index is 5.61. The van der Waals surface area contributed by atoms with Gasteiger partial charge in [-0.3, -0.25) is 0 Å². The van der Waals surface area contributed by atoms with Gasteiger partial charge in [-0.15, -0.1) is 11.6 Å². The van der Waals surface area contributed by atoms with E-state index >= 15 is 0 Å². The third kappa shape index (κ3) is 3.71. The number of hydrogen-bond acceptors (Lipinski definition) is 2. The molecule has 1 rings (SSSR count). The van der Waals surface area contributed by atoms with Crippen LogP contribution in [0.25, 0.3) is 0 Å². The minimum Gasteiger partial charge on any atom is -0.496 e. The fourth-order valence-electron chi connectivity index (χ4n) is 1.10. The van der Waals surface area contributed by atoms with E-state index in [1.54, 1.807) is 7.11 Å². The lowest BCUT2D eigenvalue weighted by Crippen LogP contribution is -1.91.